The second-order valence-corrected chi connectivity index (χ2v) is 7.44. The number of aliphatic hydroxyl groups excluding tert-OH is 2. The Morgan fingerprint density at radius 2 is 2.15 bits per heavy atom. The van der Waals surface area contributed by atoms with Gasteiger partial charge in [-0.05, 0) is 38.6 Å². The molecule has 0 aromatic heterocycles. The summed E-state index contributed by atoms with van der Waals surface area (Å²) in [6, 6.07) is 4.16. The first kappa shape index (κ1) is 19.7. The minimum absolute atomic E-state index is 0.00838. The van der Waals surface area contributed by atoms with Crippen molar-refractivity contribution in [2.45, 2.75) is 50.0 Å². The monoisotopic (exact) mass is 377 g/mol. The first-order chi connectivity index (χ1) is 12.8. The zero-order chi connectivity index (χ0) is 19.8. The van der Waals surface area contributed by atoms with Crippen LogP contribution >= 0.6 is 0 Å². The van der Waals surface area contributed by atoms with Crippen molar-refractivity contribution >= 4 is 5.97 Å². The Morgan fingerprint density at radius 3 is 2.78 bits per heavy atom. The molecular weight excluding hydrogens is 350 g/mol. The zero-order valence-electron chi connectivity index (χ0n) is 15.9. The number of aliphatic hydroxyl groups is 2. The molecule has 0 bridgehead atoms. The predicted octanol–water partition coefficient (Wildman–Crippen LogP) is 1.30. The Morgan fingerprint density at radius 1 is 1.44 bits per heavy atom. The summed E-state index contributed by atoms with van der Waals surface area (Å²) in [6.07, 6.45) is 4.15. The number of nitrogens with zero attached hydrogens (tertiary/aromatic N) is 1. The van der Waals surface area contributed by atoms with Crippen LogP contribution in [-0.4, -0.2) is 65.2 Å². The maximum atomic E-state index is 9.97. The lowest BCUT2D eigenvalue weighted by Crippen LogP contribution is -2.42. The number of carboxylic acid groups (broad SMARTS) is 1. The topological polar surface area (TPSA) is 99.5 Å². The van der Waals surface area contributed by atoms with E-state index in [2.05, 4.69) is 24.1 Å². The van der Waals surface area contributed by atoms with E-state index in [0.29, 0.717) is 6.42 Å². The van der Waals surface area contributed by atoms with Gasteiger partial charge in [-0.3, -0.25) is 0 Å². The highest BCUT2D eigenvalue weighted by atomic mass is 16.5. The number of hydrogen-bond donors (Lipinski definition) is 3. The zero-order valence-corrected chi connectivity index (χ0v) is 15.9. The highest BCUT2D eigenvalue weighted by Crippen LogP contribution is 2.55. The Hall–Kier alpha value is -2.09. The van der Waals surface area contributed by atoms with E-state index in [1.54, 1.807) is 7.11 Å². The summed E-state index contributed by atoms with van der Waals surface area (Å²) in [6.45, 7) is 3.15. The van der Waals surface area contributed by atoms with Crippen molar-refractivity contribution < 1.29 is 29.6 Å². The minimum atomic E-state index is -1.23. The van der Waals surface area contributed by atoms with Crippen molar-refractivity contribution in [3.05, 3.63) is 35.4 Å². The quantitative estimate of drug-likeness (QED) is 0.668. The molecular formula is C20H27NO6. The number of ether oxygens (including phenoxy) is 2. The Labute approximate surface area is 158 Å². The van der Waals surface area contributed by atoms with E-state index in [9.17, 15) is 9.90 Å². The van der Waals surface area contributed by atoms with Crippen molar-refractivity contribution in [1.29, 1.82) is 0 Å². The molecule has 3 N–H and O–H groups in total. The number of aliphatic carboxylic acids is 1. The third kappa shape index (κ3) is 3.54. The maximum absolute atomic E-state index is 9.97. The molecule has 2 heterocycles. The van der Waals surface area contributed by atoms with Crippen molar-refractivity contribution in [3.8, 4) is 11.5 Å². The molecule has 148 valence electrons. The molecule has 0 amide bonds. The molecule has 1 aliphatic carbocycles. The molecule has 1 unspecified atom stereocenters. The van der Waals surface area contributed by atoms with Gasteiger partial charge in [-0.15, -0.1) is 0 Å². The fourth-order valence-corrected chi connectivity index (χ4v) is 4.08. The third-order valence-electron chi connectivity index (χ3n) is 5.50. The third-order valence-corrected chi connectivity index (χ3v) is 5.50. The second-order valence-electron chi connectivity index (χ2n) is 7.44. The summed E-state index contributed by atoms with van der Waals surface area (Å²) >= 11 is 0. The summed E-state index contributed by atoms with van der Waals surface area (Å²) in [5.41, 5.74) is 2.48. The lowest BCUT2D eigenvalue weighted by molar-refractivity contribution is -0.145. The van der Waals surface area contributed by atoms with Gasteiger partial charge in [0.05, 0.1) is 18.6 Å². The lowest BCUT2D eigenvalue weighted by atomic mass is 9.69. The van der Waals surface area contributed by atoms with Crippen LogP contribution in [0, 0.1) is 0 Å². The van der Waals surface area contributed by atoms with Gasteiger partial charge in [0.25, 0.3) is 0 Å². The van der Waals surface area contributed by atoms with Crippen LogP contribution in [0.4, 0.5) is 0 Å². The SMILES string of the molecule is CC(O)C(=O)O.COc1ccc2c3c1O[C@H]1C[C@@H](O)C=C[C@@]31CCN(C)C2. The van der Waals surface area contributed by atoms with Crippen molar-refractivity contribution in [1.82, 2.24) is 4.90 Å². The summed E-state index contributed by atoms with van der Waals surface area (Å²) < 4.78 is 11.8. The van der Waals surface area contributed by atoms with Crippen LogP contribution in [0.25, 0.3) is 0 Å². The van der Waals surface area contributed by atoms with Gasteiger partial charge >= 0.3 is 5.97 Å². The molecule has 1 aromatic carbocycles. The number of carboxylic acids is 1. The van der Waals surface area contributed by atoms with Gasteiger partial charge in [0, 0.05) is 18.5 Å². The summed E-state index contributed by atoms with van der Waals surface area (Å²) in [7, 11) is 3.84. The van der Waals surface area contributed by atoms with Crippen molar-refractivity contribution in [2.24, 2.45) is 0 Å². The van der Waals surface area contributed by atoms with Gasteiger partial charge in [-0.25, -0.2) is 4.79 Å². The molecule has 7 heteroatoms. The number of carbonyl (C=O) groups is 1. The molecule has 7 nitrogen and oxygen atoms in total. The van der Waals surface area contributed by atoms with E-state index < -0.39 is 18.2 Å². The Balaban J connectivity index is 0.000000307. The molecule has 1 spiro atoms. The van der Waals surface area contributed by atoms with Crippen LogP contribution in [0.15, 0.2) is 24.3 Å². The van der Waals surface area contributed by atoms with E-state index >= 15 is 0 Å². The lowest BCUT2D eigenvalue weighted by Gasteiger charge is -2.35. The molecule has 2 aliphatic heterocycles. The van der Waals surface area contributed by atoms with E-state index in [-0.39, 0.29) is 11.5 Å². The average molecular weight is 377 g/mol. The fraction of sp³-hybridized carbons (Fsp3) is 0.550. The molecule has 0 fully saturated rings. The predicted molar refractivity (Wildman–Crippen MR) is 99.1 cm³/mol. The summed E-state index contributed by atoms with van der Waals surface area (Å²) in [5.74, 6) is 0.499. The van der Waals surface area contributed by atoms with Gasteiger partial charge in [0.2, 0.25) is 0 Å². The number of rotatable bonds is 2. The maximum Gasteiger partial charge on any atom is 0.332 e. The van der Waals surface area contributed by atoms with Crippen molar-refractivity contribution in [2.75, 3.05) is 20.7 Å². The molecule has 4 rings (SSSR count). The number of benzene rings is 1. The highest BCUT2D eigenvalue weighted by Gasteiger charge is 2.52. The molecule has 0 radical (unpaired) electrons. The summed E-state index contributed by atoms with van der Waals surface area (Å²) in [4.78, 5) is 11.8. The van der Waals surface area contributed by atoms with Gasteiger partial charge in [-0.1, -0.05) is 18.2 Å². The fourth-order valence-electron chi connectivity index (χ4n) is 4.08. The van der Waals surface area contributed by atoms with Crippen LogP contribution in [0.5, 0.6) is 11.5 Å². The molecule has 4 atom stereocenters. The van der Waals surface area contributed by atoms with E-state index in [1.807, 2.05) is 12.1 Å². The molecule has 3 aliphatic rings. The van der Waals surface area contributed by atoms with Crippen LogP contribution in [0.1, 0.15) is 30.9 Å². The van der Waals surface area contributed by atoms with Crippen LogP contribution in [-0.2, 0) is 16.8 Å². The van der Waals surface area contributed by atoms with Crippen molar-refractivity contribution in [3.63, 3.8) is 0 Å². The van der Waals surface area contributed by atoms with Crippen LogP contribution in [0.3, 0.4) is 0 Å². The second kappa shape index (κ2) is 7.50. The largest absolute Gasteiger partial charge is 0.493 e. The minimum Gasteiger partial charge on any atom is -0.493 e. The Bertz CT molecular complexity index is 746. The summed E-state index contributed by atoms with van der Waals surface area (Å²) in [5, 5.41) is 25.7. The molecule has 0 saturated heterocycles. The number of methoxy groups -OCH3 is 1. The van der Waals surface area contributed by atoms with Gasteiger partial charge in [0.1, 0.15) is 12.2 Å². The normalized spacial score (nSPS) is 29.4. The van der Waals surface area contributed by atoms with E-state index in [4.69, 9.17) is 19.7 Å². The first-order valence-corrected chi connectivity index (χ1v) is 9.12. The van der Waals surface area contributed by atoms with E-state index in [0.717, 1.165) is 31.0 Å². The molecule has 0 saturated carbocycles. The Kier molecular flexibility index (Phi) is 5.46. The molecule has 27 heavy (non-hydrogen) atoms. The highest BCUT2D eigenvalue weighted by molar-refractivity contribution is 5.71. The van der Waals surface area contributed by atoms with E-state index in [1.165, 1.54) is 18.1 Å². The van der Waals surface area contributed by atoms with Gasteiger partial charge < -0.3 is 29.7 Å². The van der Waals surface area contributed by atoms with Crippen LogP contribution < -0.4 is 9.47 Å². The van der Waals surface area contributed by atoms with Crippen LogP contribution in [0.2, 0.25) is 0 Å². The molecule has 1 aromatic rings. The smallest absolute Gasteiger partial charge is 0.332 e. The average Bonchev–Trinajstić information content (AvgIpc) is 2.87. The number of hydrogen-bond acceptors (Lipinski definition) is 6. The van der Waals surface area contributed by atoms with Gasteiger partial charge in [-0.2, -0.15) is 0 Å². The van der Waals surface area contributed by atoms with Gasteiger partial charge in [0.15, 0.2) is 11.5 Å². The first-order valence-electron chi connectivity index (χ1n) is 9.12. The standard InChI is InChI=1S/C17H21NO3.C3H6O3/c1-18-8-7-17-6-5-12(19)9-14(17)21-16-13(20-2)4-3-11(10-18)15(16)17;1-2(4)3(5)6/h3-6,12,14,19H,7-10H2,1-2H3;2,4H,1H3,(H,5,6)/t12-,14-,17-;/m0./s1.